The van der Waals surface area contributed by atoms with E-state index >= 15 is 0 Å². The van der Waals surface area contributed by atoms with Crippen molar-refractivity contribution in [1.82, 2.24) is 4.98 Å². The van der Waals surface area contributed by atoms with Crippen molar-refractivity contribution in [3.63, 3.8) is 0 Å². The number of nitrogens with one attached hydrogen (secondary N) is 1. The summed E-state index contributed by atoms with van der Waals surface area (Å²) in [6.45, 7) is 0.485. The van der Waals surface area contributed by atoms with Crippen LogP contribution in [-0.2, 0) is 9.84 Å². The number of rotatable bonds is 0. The summed E-state index contributed by atoms with van der Waals surface area (Å²) < 4.78 is 22.8. The second-order valence-corrected chi connectivity index (χ2v) is 4.70. The van der Waals surface area contributed by atoms with Crippen LogP contribution in [0.4, 0.5) is 5.69 Å². The van der Waals surface area contributed by atoms with Crippen molar-refractivity contribution in [3.8, 4) is 0 Å². The highest BCUT2D eigenvalue weighted by molar-refractivity contribution is 7.91. The second kappa shape index (κ2) is 2.45. The van der Waals surface area contributed by atoms with E-state index in [0.717, 1.165) is 0 Å². The zero-order valence-electron chi connectivity index (χ0n) is 6.32. The molecule has 4 nitrogen and oxygen atoms in total. The molecule has 0 amide bonds. The minimum atomic E-state index is -3.07. The lowest BCUT2D eigenvalue weighted by atomic mass is 10.4. The maximum Gasteiger partial charge on any atom is 0.183 e. The van der Waals surface area contributed by atoms with E-state index in [9.17, 15) is 8.42 Å². The largest absolute Gasteiger partial charge is 0.383 e. The molecule has 5 heteroatoms. The fourth-order valence-electron chi connectivity index (χ4n) is 1.20. The van der Waals surface area contributed by atoms with Crippen molar-refractivity contribution in [2.45, 2.75) is 4.90 Å². The maximum absolute atomic E-state index is 11.4. The van der Waals surface area contributed by atoms with E-state index in [1.165, 1.54) is 6.20 Å². The monoisotopic (exact) mass is 184 g/mol. The molecule has 0 saturated carbocycles. The predicted octanol–water partition coefficient (Wildman–Crippen LogP) is 0.281. The van der Waals surface area contributed by atoms with Gasteiger partial charge in [0.25, 0.3) is 0 Å². The Kier molecular flexibility index (Phi) is 1.54. The smallest absolute Gasteiger partial charge is 0.183 e. The summed E-state index contributed by atoms with van der Waals surface area (Å²) in [4.78, 5) is 4.09. The van der Waals surface area contributed by atoms with Gasteiger partial charge >= 0.3 is 0 Å². The first-order chi connectivity index (χ1) is 5.70. The molecule has 0 atom stereocenters. The van der Waals surface area contributed by atoms with Crippen molar-refractivity contribution in [3.05, 3.63) is 18.5 Å². The number of hydrogen-bond donors (Lipinski definition) is 1. The van der Waals surface area contributed by atoms with E-state index in [1.54, 1.807) is 12.3 Å². The summed E-state index contributed by atoms with van der Waals surface area (Å²) in [7, 11) is -3.07. The van der Waals surface area contributed by atoms with Gasteiger partial charge in [0.05, 0.1) is 11.4 Å². The third-order valence-corrected chi connectivity index (χ3v) is 3.54. The topological polar surface area (TPSA) is 59.1 Å². The Bertz CT molecular complexity index is 400. The molecule has 0 saturated heterocycles. The molecule has 2 rings (SSSR count). The van der Waals surface area contributed by atoms with E-state index in [-0.39, 0.29) is 5.75 Å². The lowest BCUT2D eigenvalue weighted by molar-refractivity contribution is 0.594. The molecule has 0 spiro atoms. The van der Waals surface area contributed by atoms with Gasteiger partial charge in [0.1, 0.15) is 4.90 Å². The normalized spacial score (nSPS) is 19.3. The van der Waals surface area contributed by atoms with Gasteiger partial charge in [0, 0.05) is 18.9 Å². The van der Waals surface area contributed by atoms with E-state index in [1.807, 2.05) is 0 Å². The summed E-state index contributed by atoms with van der Waals surface area (Å²) >= 11 is 0. The zero-order chi connectivity index (χ0) is 8.60. The number of anilines is 1. The summed E-state index contributed by atoms with van der Waals surface area (Å²) in [6.07, 6.45) is 2.96. The Morgan fingerprint density at radius 3 is 3.08 bits per heavy atom. The van der Waals surface area contributed by atoms with Crippen LogP contribution in [-0.4, -0.2) is 25.7 Å². The van der Waals surface area contributed by atoms with Crippen LogP contribution < -0.4 is 5.32 Å². The van der Waals surface area contributed by atoms with Gasteiger partial charge in [0.15, 0.2) is 9.84 Å². The van der Waals surface area contributed by atoms with Crippen LogP contribution in [0.2, 0.25) is 0 Å². The molecule has 0 aromatic carbocycles. The first kappa shape index (κ1) is 7.54. The first-order valence-corrected chi connectivity index (χ1v) is 5.26. The quantitative estimate of drug-likeness (QED) is 0.629. The molecule has 1 aliphatic heterocycles. The molecular formula is C7H8N2O2S. The average molecular weight is 184 g/mol. The maximum atomic E-state index is 11.4. The number of nitrogens with zero attached hydrogens (tertiary/aromatic N) is 1. The lowest BCUT2D eigenvalue weighted by Crippen LogP contribution is -2.23. The molecule has 1 aromatic heterocycles. The molecular weight excluding hydrogens is 176 g/mol. The predicted molar refractivity (Wildman–Crippen MR) is 44.8 cm³/mol. The second-order valence-electron chi connectivity index (χ2n) is 2.62. The average Bonchev–Trinajstić information content (AvgIpc) is 2.04. The molecule has 0 fully saturated rings. The van der Waals surface area contributed by atoms with Gasteiger partial charge < -0.3 is 5.32 Å². The van der Waals surface area contributed by atoms with Crippen LogP contribution in [0, 0.1) is 0 Å². The molecule has 12 heavy (non-hydrogen) atoms. The van der Waals surface area contributed by atoms with E-state index in [4.69, 9.17) is 0 Å². The molecule has 2 heterocycles. The van der Waals surface area contributed by atoms with E-state index in [0.29, 0.717) is 17.1 Å². The van der Waals surface area contributed by atoms with Crippen LogP contribution in [0.15, 0.2) is 23.4 Å². The number of fused-ring (bicyclic) bond motifs is 1. The van der Waals surface area contributed by atoms with Crippen molar-refractivity contribution in [2.75, 3.05) is 17.6 Å². The molecule has 1 N–H and O–H groups in total. The fraction of sp³-hybridized carbons (Fsp3) is 0.286. The molecule has 1 aromatic rings. The van der Waals surface area contributed by atoms with Gasteiger partial charge in [-0.3, -0.25) is 4.98 Å². The Morgan fingerprint density at radius 1 is 1.50 bits per heavy atom. The number of pyridine rings is 1. The molecule has 64 valence electrons. The SMILES string of the molecule is O=S1(=O)CCNc2ccncc21. The van der Waals surface area contributed by atoms with Gasteiger partial charge in [-0.2, -0.15) is 0 Å². The van der Waals surface area contributed by atoms with Gasteiger partial charge in [0.2, 0.25) is 0 Å². The van der Waals surface area contributed by atoms with Crippen LogP contribution in [0.5, 0.6) is 0 Å². The summed E-state index contributed by atoms with van der Waals surface area (Å²) in [5, 5.41) is 3.00. The third-order valence-electron chi connectivity index (χ3n) is 1.81. The summed E-state index contributed by atoms with van der Waals surface area (Å²) in [5.74, 6) is 0.158. The Morgan fingerprint density at radius 2 is 2.33 bits per heavy atom. The Balaban J connectivity index is 2.67. The highest BCUT2D eigenvalue weighted by atomic mass is 32.2. The van der Waals surface area contributed by atoms with Gasteiger partial charge in [-0.05, 0) is 6.07 Å². The fourth-order valence-corrected chi connectivity index (χ4v) is 2.49. The van der Waals surface area contributed by atoms with Crippen LogP contribution >= 0.6 is 0 Å². The number of sulfone groups is 1. The van der Waals surface area contributed by atoms with Crippen molar-refractivity contribution < 1.29 is 8.42 Å². The third kappa shape index (κ3) is 1.06. The highest BCUT2D eigenvalue weighted by Gasteiger charge is 2.22. The zero-order valence-corrected chi connectivity index (χ0v) is 7.13. The van der Waals surface area contributed by atoms with Gasteiger partial charge in [-0.1, -0.05) is 0 Å². The summed E-state index contributed by atoms with van der Waals surface area (Å²) in [6, 6.07) is 1.67. The number of aromatic nitrogens is 1. The van der Waals surface area contributed by atoms with E-state index in [2.05, 4.69) is 10.3 Å². The standard InChI is InChI=1S/C7H8N2O2S/c10-12(11)4-3-9-6-1-2-8-5-7(6)12/h1-2,5,9H,3-4H2. The van der Waals surface area contributed by atoms with Crippen molar-refractivity contribution >= 4 is 15.5 Å². The molecule has 0 aliphatic carbocycles. The van der Waals surface area contributed by atoms with Crippen LogP contribution in [0.3, 0.4) is 0 Å². The Labute approximate surface area is 70.6 Å². The minimum Gasteiger partial charge on any atom is -0.383 e. The molecule has 0 bridgehead atoms. The van der Waals surface area contributed by atoms with E-state index < -0.39 is 9.84 Å². The Hall–Kier alpha value is -1.10. The minimum absolute atomic E-state index is 0.158. The molecule has 1 aliphatic rings. The first-order valence-electron chi connectivity index (χ1n) is 3.61. The van der Waals surface area contributed by atoms with Gasteiger partial charge in [-0.15, -0.1) is 0 Å². The van der Waals surface area contributed by atoms with Gasteiger partial charge in [-0.25, -0.2) is 8.42 Å². The van der Waals surface area contributed by atoms with Crippen molar-refractivity contribution in [1.29, 1.82) is 0 Å². The lowest BCUT2D eigenvalue weighted by Gasteiger charge is -2.16. The summed E-state index contributed by atoms with van der Waals surface area (Å²) in [5.41, 5.74) is 0.663. The molecule has 0 radical (unpaired) electrons. The highest BCUT2D eigenvalue weighted by Crippen LogP contribution is 2.23. The van der Waals surface area contributed by atoms with Crippen molar-refractivity contribution in [2.24, 2.45) is 0 Å². The van der Waals surface area contributed by atoms with Crippen LogP contribution in [0.25, 0.3) is 0 Å². The molecule has 0 unspecified atom stereocenters. The number of hydrogen-bond acceptors (Lipinski definition) is 4. The van der Waals surface area contributed by atoms with Crippen LogP contribution in [0.1, 0.15) is 0 Å².